The summed E-state index contributed by atoms with van der Waals surface area (Å²) < 4.78 is 52.3. The molecule has 0 spiro atoms. The first-order chi connectivity index (χ1) is 10.2. The minimum absolute atomic E-state index is 0.0163. The van der Waals surface area contributed by atoms with E-state index in [1.165, 1.54) is 36.4 Å². The Bertz CT molecular complexity index is 878. The fourth-order valence-electron chi connectivity index (χ4n) is 1.66. The fraction of sp³-hybridized carbons (Fsp3) is 0.0667. The van der Waals surface area contributed by atoms with Gasteiger partial charge in [0.2, 0.25) is 0 Å². The van der Waals surface area contributed by atoms with Crippen LogP contribution in [0.2, 0.25) is 0 Å². The van der Waals surface area contributed by atoms with Gasteiger partial charge < -0.3 is 4.18 Å². The highest BCUT2D eigenvalue weighted by molar-refractivity contribution is 7.94. The van der Waals surface area contributed by atoms with Gasteiger partial charge in [-0.2, -0.15) is 8.42 Å². The van der Waals surface area contributed by atoms with Gasteiger partial charge in [0.25, 0.3) is 0 Å². The lowest BCUT2D eigenvalue weighted by Gasteiger charge is -2.07. The van der Waals surface area contributed by atoms with Gasteiger partial charge in [0.1, 0.15) is 10.6 Å². The maximum absolute atomic E-state index is 12.1. The Labute approximate surface area is 129 Å². The van der Waals surface area contributed by atoms with Gasteiger partial charge in [-0.1, -0.05) is 24.3 Å². The molecule has 0 heterocycles. The van der Waals surface area contributed by atoms with Crippen LogP contribution in [-0.2, 0) is 20.0 Å². The monoisotopic (exact) mass is 338 g/mol. The van der Waals surface area contributed by atoms with E-state index in [0.29, 0.717) is 0 Å². The van der Waals surface area contributed by atoms with Crippen molar-refractivity contribution in [1.29, 1.82) is 0 Å². The van der Waals surface area contributed by atoms with Crippen LogP contribution in [-0.4, -0.2) is 16.8 Å². The van der Waals surface area contributed by atoms with Crippen molar-refractivity contribution < 1.29 is 21.0 Å². The van der Waals surface area contributed by atoms with E-state index < -0.39 is 20.0 Å². The molecule has 7 heteroatoms. The third-order valence-corrected chi connectivity index (χ3v) is 5.52. The minimum atomic E-state index is -3.95. The van der Waals surface area contributed by atoms with Gasteiger partial charge in [-0.15, -0.1) is 0 Å². The molecule has 0 aromatic heterocycles. The molecule has 0 fully saturated rings. The van der Waals surface area contributed by atoms with Crippen molar-refractivity contribution in [2.24, 2.45) is 0 Å². The second kappa shape index (κ2) is 5.94. The highest BCUT2D eigenvalue weighted by Gasteiger charge is 2.17. The third kappa shape index (κ3) is 3.55. The van der Waals surface area contributed by atoms with E-state index in [-0.39, 0.29) is 15.5 Å². The van der Waals surface area contributed by atoms with Gasteiger partial charge in [0.05, 0.1) is 4.90 Å². The van der Waals surface area contributed by atoms with Gasteiger partial charge in [0, 0.05) is 5.41 Å². The number of sulfone groups is 1. The summed E-state index contributed by atoms with van der Waals surface area (Å²) >= 11 is 0. The van der Waals surface area contributed by atoms with E-state index in [9.17, 15) is 16.8 Å². The van der Waals surface area contributed by atoms with E-state index in [2.05, 4.69) is 6.58 Å². The van der Waals surface area contributed by atoms with E-state index in [1.807, 2.05) is 6.92 Å². The number of benzene rings is 2. The van der Waals surface area contributed by atoms with Crippen LogP contribution < -0.4 is 4.18 Å². The molecule has 0 saturated carbocycles. The number of rotatable bonds is 5. The molecule has 22 heavy (non-hydrogen) atoms. The molecule has 2 rings (SSSR count). The second-order valence-electron chi connectivity index (χ2n) is 4.53. The first-order valence-corrected chi connectivity index (χ1v) is 9.19. The van der Waals surface area contributed by atoms with Crippen molar-refractivity contribution in [3.05, 3.63) is 66.1 Å². The predicted molar refractivity (Wildman–Crippen MR) is 82.8 cm³/mol. The number of hydrogen-bond acceptors (Lipinski definition) is 5. The zero-order valence-corrected chi connectivity index (χ0v) is 13.4. The molecule has 2 aromatic rings. The van der Waals surface area contributed by atoms with Gasteiger partial charge in [0.15, 0.2) is 9.84 Å². The van der Waals surface area contributed by atoms with E-state index >= 15 is 0 Å². The smallest absolute Gasteiger partial charge is 0.339 e. The van der Waals surface area contributed by atoms with E-state index in [0.717, 1.165) is 11.0 Å². The lowest BCUT2D eigenvalue weighted by Crippen LogP contribution is -2.09. The molecule has 0 atom stereocenters. The molecule has 5 nitrogen and oxygen atoms in total. The molecular formula is C15H14O5S2. The Balaban J connectivity index is 2.27. The summed E-state index contributed by atoms with van der Waals surface area (Å²) in [5.74, 6) is 0.0311. The van der Waals surface area contributed by atoms with Crippen molar-refractivity contribution in [2.45, 2.75) is 16.7 Å². The largest absolute Gasteiger partial charge is 0.379 e. The molecule has 0 unspecified atom stereocenters. The van der Waals surface area contributed by atoms with Crippen molar-refractivity contribution in [2.75, 3.05) is 0 Å². The van der Waals surface area contributed by atoms with Crippen molar-refractivity contribution in [3.8, 4) is 5.75 Å². The molecule has 0 saturated heterocycles. The highest BCUT2D eigenvalue weighted by atomic mass is 32.2. The summed E-state index contributed by atoms with van der Waals surface area (Å²) in [6, 6.07) is 11.3. The van der Waals surface area contributed by atoms with Crippen LogP contribution in [0.3, 0.4) is 0 Å². The van der Waals surface area contributed by atoms with Crippen molar-refractivity contribution in [3.63, 3.8) is 0 Å². The van der Waals surface area contributed by atoms with Crippen LogP contribution in [0.15, 0.2) is 70.3 Å². The maximum Gasteiger partial charge on any atom is 0.339 e. The standard InChI is InChI=1S/C15H14O5S2/c1-3-21(16,17)14-10-6-13(7-11-14)20-22(18,19)15-8-4-12(2)5-9-15/h3-11H,1H2,2H3. The van der Waals surface area contributed by atoms with Crippen LogP contribution >= 0.6 is 0 Å². The van der Waals surface area contributed by atoms with Crippen LogP contribution in [0.1, 0.15) is 5.56 Å². The van der Waals surface area contributed by atoms with Gasteiger partial charge in [-0.25, -0.2) is 8.42 Å². The number of hydrogen-bond donors (Lipinski definition) is 0. The van der Waals surface area contributed by atoms with Crippen LogP contribution in [0.4, 0.5) is 0 Å². The summed E-state index contributed by atoms with van der Waals surface area (Å²) in [5.41, 5.74) is 0.929. The third-order valence-electron chi connectivity index (χ3n) is 2.89. The van der Waals surface area contributed by atoms with Crippen LogP contribution in [0, 0.1) is 6.92 Å². The summed E-state index contributed by atoms with van der Waals surface area (Å²) in [6.07, 6.45) is 0. The summed E-state index contributed by atoms with van der Waals surface area (Å²) in [7, 11) is -7.51. The minimum Gasteiger partial charge on any atom is -0.379 e. The summed E-state index contributed by atoms with van der Waals surface area (Å²) in [5, 5.41) is 0.825. The molecule has 0 aliphatic rings. The number of aryl methyl sites for hydroxylation is 1. The predicted octanol–water partition coefficient (Wildman–Crippen LogP) is 2.68. The quantitative estimate of drug-likeness (QED) is 0.783. The fourth-order valence-corrected chi connectivity index (χ4v) is 3.30. The molecular weight excluding hydrogens is 324 g/mol. The lowest BCUT2D eigenvalue weighted by molar-refractivity contribution is 0.486. The first-order valence-electron chi connectivity index (χ1n) is 6.23. The van der Waals surface area contributed by atoms with E-state index in [1.54, 1.807) is 12.1 Å². The molecule has 0 N–H and O–H groups in total. The SMILES string of the molecule is C=CS(=O)(=O)c1ccc(OS(=O)(=O)c2ccc(C)cc2)cc1. The summed E-state index contributed by atoms with van der Waals surface area (Å²) in [6.45, 7) is 5.07. The van der Waals surface area contributed by atoms with Gasteiger partial charge in [-0.05, 0) is 43.3 Å². The first kappa shape index (κ1) is 16.3. The second-order valence-corrected chi connectivity index (χ2v) is 7.97. The Morgan fingerprint density at radius 3 is 1.86 bits per heavy atom. The highest BCUT2D eigenvalue weighted by Crippen LogP contribution is 2.21. The molecule has 0 aliphatic carbocycles. The lowest BCUT2D eigenvalue weighted by atomic mass is 10.2. The molecule has 0 amide bonds. The maximum atomic E-state index is 12.1. The molecule has 2 aromatic carbocycles. The van der Waals surface area contributed by atoms with E-state index in [4.69, 9.17) is 4.18 Å². The zero-order valence-electron chi connectivity index (χ0n) is 11.8. The Morgan fingerprint density at radius 2 is 1.36 bits per heavy atom. The van der Waals surface area contributed by atoms with Crippen LogP contribution in [0.5, 0.6) is 5.75 Å². The average molecular weight is 338 g/mol. The Kier molecular flexibility index (Phi) is 4.39. The molecule has 0 radical (unpaired) electrons. The molecule has 0 aliphatic heterocycles. The Morgan fingerprint density at radius 1 is 0.864 bits per heavy atom. The van der Waals surface area contributed by atoms with Crippen molar-refractivity contribution >= 4 is 20.0 Å². The van der Waals surface area contributed by atoms with Crippen molar-refractivity contribution in [1.82, 2.24) is 0 Å². The van der Waals surface area contributed by atoms with Gasteiger partial charge >= 0.3 is 10.1 Å². The average Bonchev–Trinajstić information content (AvgIpc) is 2.48. The zero-order chi connectivity index (χ0) is 16.4. The summed E-state index contributed by atoms with van der Waals surface area (Å²) in [4.78, 5) is 0.0449. The molecule has 116 valence electrons. The van der Waals surface area contributed by atoms with Crippen LogP contribution in [0.25, 0.3) is 0 Å². The normalized spacial score (nSPS) is 11.9. The Hall–Kier alpha value is -2.12. The topological polar surface area (TPSA) is 77.5 Å². The molecule has 0 bridgehead atoms. The van der Waals surface area contributed by atoms with Gasteiger partial charge in [-0.3, -0.25) is 0 Å².